The van der Waals surface area contributed by atoms with Crippen molar-refractivity contribution >= 4 is 46.0 Å². The second-order valence-electron chi connectivity index (χ2n) is 9.15. The lowest BCUT2D eigenvalue weighted by atomic mass is 9.93. The molecule has 11 heteroatoms. The van der Waals surface area contributed by atoms with Crippen LogP contribution < -0.4 is 0 Å². The number of aliphatic carboxylic acids is 1. The smallest absolute Gasteiger partial charge is 0.416 e. The molecule has 192 valence electrons. The maximum atomic E-state index is 13.3. The molecule has 0 atom stereocenters. The Morgan fingerprint density at radius 3 is 2.44 bits per heavy atom. The van der Waals surface area contributed by atoms with Crippen molar-refractivity contribution in [3.05, 3.63) is 62.3 Å². The largest absolute Gasteiger partial charge is 0.481 e. The number of amides is 1. The number of carboxylic acid groups (broad SMARTS) is 1. The van der Waals surface area contributed by atoms with Crippen LogP contribution in [0.3, 0.4) is 0 Å². The number of carbonyl (C=O) groups is 2. The van der Waals surface area contributed by atoms with Gasteiger partial charge in [-0.1, -0.05) is 23.2 Å². The predicted molar refractivity (Wildman–Crippen MR) is 131 cm³/mol. The zero-order chi connectivity index (χ0) is 26.4. The van der Waals surface area contributed by atoms with Gasteiger partial charge in [0.25, 0.3) is 5.91 Å². The third-order valence-electron chi connectivity index (χ3n) is 6.68. The van der Waals surface area contributed by atoms with E-state index in [1.54, 1.807) is 31.0 Å². The molecule has 0 spiro atoms. The standard InChI is InChI=1S/C25H24Cl2F3N3O3/c1-13-9-15(25(28,29)30)11-20-22(13)19(31-32(20)2)12-17-18(26)4-3-16(23(17)27)24(36)33-7-5-14(6-8-33)10-21(34)35/h3-4,9,11,14H,5-8,10,12H2,1-2H3,(H,34,35). The molecule has 4 rings (SSSR count). The van der Waals surface area contributed by atoms with Crippen molar-refractivity contribution < 1.29 is 27.9 Å². The van der Waals surface area contributed by atoms with E-state index in [-0.39, 0.29) is 35.3 Å². The summed E-state index contributed by atoms with van der Waals surface area (Å²) in [6, 6.07) is 5.28. The molecule has 0 unspecified atom stereocenters. The molecule has 2 aromatic carbocycles. The highest BCUT2D eigenvalue weighted by Crippen LogP contribution is 2.37. The van der Waals surface area contributed by atoms with Crippen LogP contribution in [-0.4, -0.2) is 44.8 Å². The van der Waals surface area contributed by atoms with Crippen LogP contribution in [0.5, 0.6) is 0 Å². The summed E-state index contributed by atoms with van der Waals surface area (Å²) in [7, 11) is 1.57. The van der Waals surface area contributed by atoms with Crippen LogP contribution in [0, 0.1) is 12.8 Å². The molecule has 1 aromatic heterocycles. The number of hydrogen-bond donors (Lipinski definition) is 1. The highest BCUT2D eigenvalue weighted by atomic mass is 35.5. The van der Waals surface area contributed by atoms with E-state index in [9.17, 15) is 22.8 Å². The number of benzene rings is 2. The van der Waals surface area contributed by atoms with Crippen LogP contribution in [0.4, 0.5) is 13.2 Å². The Morgan fingerprint density at radius 2 is 1.83 bits per heavy atom. The van der Waals surface area contributed by atoms with Crippen molar-refractivity contribution in [1.82, 2.24) is 14.7 Å². The van der Waals surface area contributed by atoms with E-state index in [1.807, 2.05) is 0 Å². The first kappa shape index (κ1) is 26.3. The number of alkyl halides is 3. The quantitative estimate of drug-likeness (QED) is 0.421. The SMILES string of the molecule is Cc1cc(C(F)(F)F)cc2c1c(Cc1c(Cl)ccc(C(=O)N3CCC(CC(=O)O)CC3)c1Cl)nn2C. The molecular weight excluding hydrogens is 518 g/mol. The maximum Gasteiger partial charge on any atom is 0.416 e. The molecule has 0 aliphatic carbocycles. The number of likely N-dealkylation sites (tertiary alicyclic amines) is 1. The molecule has 0 saturated carbocycles. The van der Waals surface area contributed by atoms with E-state index in [2.05, 4.69) is 5.10 Å². The summed E-state index contributed by atoms with van der Waals surface area (Å²) < 4.78 is 41.3. The summed E-state index contributed by atoms with van der Waals surface area (Å²) in [4.78, 5) is 25.8. The minimum absolute atomic E-state index is 0.0290. The third-order valence-corrected chi connectivity index (χ3v) is 7.46. The second-order valence-corrected chi connectivity index (χ2v) is 9.94. The molecule has 0 radical (unpaired) electrons. The van der Waals surface area contributed by atoms with Gasteiger partial charge in [0.05, 0.1) is 27.4 Å². The Hall–Kier alpha value is -2.78. The van der Waals surface area contributed by atoms with Crippen molar-refractivity contribution in [2.75, 3.05) is 13.1 Å². The van der Waals surface area contributed by atoms with Gasteiger partial charge in [-0.15, -0.1) is 0 Å². The molecular formula is C25H24Cl2F3N3O3. The zero-order valence-corrected chi connectivity index (χ0v) is 21.1. The van der Waals surface area contributed by atoms with Crippen LogP contribution in [-0.2, 0) is 24.4 Å². The van der Waals surface area contributed by atoms with E-state index in [0.29, 0.717) is 58.7 Å². The van der Waals surface area contributed by atoms with Gasteiger partial charge >= 0.3 is 12.1 Å². The Labute approximate surface area is 215 Å². The fraction of sp³-hybridized carbons (Fsp3) is 0.400. The highest BCUT2D eigenvalue weighted by Gasteiger charge is 2.32. The Morgan fingerprint density at radius 1 is 1.17 bits per heavy atom. The van der Waals surface area contributed by atoms with Gasteiger partial charge in [-0.25, -0.2) is 0 Å². The lowest BCUT2D eigenvalue weighted by Crippen LogP contribution is -2.39. The van der Waals surface area contributed by atoms with Crippen molar-refractivity contribution in [2.24, 2.45) is 13.0 Å². The summed E-state index contributed by atoms with van der Waals surface area (Å²) in [5.41, 5.74) is 1.24. The Kier molecular flexibility index (Phi) is 7.26. The third kappa shape index (κ3) is 5.18. The fourth-order valence-electron chi connectivity index (χ4n) is 4.82. The molecule has 1 saturated heterocycles. The van der Waals surface area contributed by atoms with Gasteiger partial charge in [0.2, 0.25) is 0 Å². The first-order valence-electron chi connectivity index (χ1n) is 11.4. The van der Waals surface area contributed by atoms with Crippen molar-refractivity contribution in [3.8, 4) is 0 Å². The molecule has 1 aliphatic heterocycles. The maximum absolute atomic E-state index is 13.3. The van der Waals surface area contributed by atoms with Gasteiger partial charge in [0.1, 0.15) is 0 Å². The van der Waals surface area contributed by atoms with E-state index in [1.165, 1.54) is 4.68 Å². The van der Waals surface area contributed by atoms with E-state index in [4.69, 9.17) is 28.3 Å². The van der Waals surface area contributed by atoms with Crippen molar-refractivity contribution in [1.29, 1.82) is 0 Å². The lowest BCUT2D eigenvalue weighted by molar-refractivity contribution is -0.139. The monoisotopic (exact) mass is 541 g/mol. The molecule has 36 heavy (non-hydrogen) atoms. The van der Waals surface area contributed by atoms with Gasteiger partial charge in [-0.2, -0.15) is 18.3 Å². The molecule has 0 bridgehead atoms. The summed E-state index contributed by atoms with van der Waals surface area (Å²) >= 11 is 13.1. The Balaban J connectivity index is 1.64. The first-order chi connectivity index (χ1) is 16.9. The first-order valence-corrected chi connectivity index (χ1v) is 12.1. The molecule has 3 aromatic rings. The topological polar surface area (TPSA) is 75.4 Å². The number of carboxylic acids is 1. The predicted octanol–water partition coefficient (Wildman–Crippen LogP) is 6.13. The highest BCUT2D eigenvalue weighted by molar-refractivity contribution is 6.38. The number of rotatable bonds is 5. The van der Waals surface area contributed by atoms with Crippen LogP contribution in [0.2, 0.25) is 10.0 Å². The Bertz CT molecular complexity index is 1350. The summed E-state index contributed by atoms with van der Waals surface area (Å²) in [6.45, 7) is 2.45. The van der Waals surface area contributed by atoms with Crippen molar-refractivity contribution in [2.45, 2.75) is 38.8 Å². The molecule has 1 amide bonds. The van der Waals surface area contributed by atoms with Gasteiger partial charge in [-0.3, -0.25) is 14.3 Å². The number of hydrogen-bond acceptors (Lipinski definition) is 3. The van der Waals surface area contributed by atoms with E-state index in [0.717, 1.165) is 12.1 Å². The lowest BCUT2D eigenvalue weighted by Gasteiger charge is -2.31. The van der Waals surface area contributed by atoms with Gasteiger partial charge in [0, 0.05) is 43.4 Å². The minimum atomic E-state index is -4.48. The van der Waals surface area contributed by atoms with Crippen LogP contribution in [0.25, 0.3) is 10.9 Å². The summed E-state index contributed by atoms with van der Waals surface area (Å²) in [6.07, 6.45) is -3.09. The van der Waals surface area contributed by atoms with E-state index >= 15 is 0 Å². The zero-order valence-electron chi connectivity index (χ0n) is 19.6. The molecule has 2 heterocycles. The number of carbonyl (C=O) groups excluding carboxylic acids is 1. The molecule has 1 N–H and O–H groups in total. The average Bonchev–Trinajstić information content (AvgIpc) is 3.11. The number of piperidine rings is 1. The second kappa shape index (κ2) is 9.94. The number of fused-ring (bicyclic) bond motifs is 1. The van der Waals surface area contributed by atoms with Gasteiger partial charge in [0.15, 0.2) is 0 Å². The molecule has 6 nitrogen and oxygen atoms in total. The van der Waals surface area contributed by atoms with Crippen LogP contribution in [0.15, 0.2) is 24.3 Å². The fourth-order valence-corrected chi connectivity index (χ4v) is 5.41. The van der Waals surface area contributed by atoms with Crippen LogP contribution in [0.1, 0.15) is 52.0 Å². The number of aromatic nitrogens is 2. The van der Waals surface area contributed by atoms with Gasteiger partial charge in [-0.05, 0) is 61.1 Å². The normalized spacial score (nSPS) is 15.0. The van der Waals surface area contributed by atoms with Gasteiger partial charge < -0.3 is 10.0 Å². The average molecular weight is 542 g/mol. The number of halogens is 5. The summed E-state index contributed by atoms with van der Waals surface area (Å²) in [5.74, 6) is -1.10. The summed E-state index contributed by atoms with van der Waals surface area (Å²) in [5, 5.41) is 14.5. The van der Waals surface area contributed by atoms with Crippen molar-refractivity contribution in [3.63, 3.8) is 0 Å². The minimum Gasteiger partial charge on any atom is -0.481 e. The number of nitrogens with zero attached hydrogens (tertiary/aromatic N) is 3. The molecule has 1 fully saturated rings. The molecule has 1 aliphatic rings. The van der Waals surface area contributed by atoms with Crippen LogP contribution >= 0.6 is 23.2 Å². The van der Waals surface area contributed by atoms with E-state index < -0.39 is 17.7 Å². The number of aryl methyl sites for hydroxylation is 2.